The van der Waals surface area contributed by atoms with Crippen molar-refractivity contribution in [2.24, 2.45) is 17.2 Å². The molecule has 2 heterocycles. The highest BCUT2D eigenvalue weighted by atomic mass is 16.7. The second-order valence-electron chi connectivity index (χ2n) is 11.2. The molecule has 0 aromatic rings. The summed E-state index contributed by atoms with van der Waals surface area (Å²) in [5.74, 6) is -0.447. The lowest BCUT2D eigenvalue weighted by Gasteiger charge is -2.49. The van der Waals surface area contributed by atoms with E-state index >= 15 is 0 Å². The van der Waals surface area contributed by atoms with Crippen molar-refractivity contribution < 1.29 is 54.4 Å². The molecule has 1 saturated heterocycles. The molecule has 1 saturated carbocycles. The number of amides is 1. The first-order chi connectivity index (χ1) is 19.8. The molecule has 244 valence electrons. The van der Waals surface area contributed by atoms with Crippen LogP contribution in [-0.4, -0.2) is 155 Å². The van der Waals surface area contributed by atoms with Gasteiger partial charge in [-0.3, -0.25) is 4.79 Å². The predicted molar refractivity (Wildman–Crippen MR) is 146 cm³/mol. The van der Waals surface area contributed by atoms with E-state index < -0.39 is 84.9 Å². The van der Waals surface area contributed by atoms with Crippen LogP contribution in [0, 0.1) is 0 Å². The number of nitrogens with two attached hydrogens (primary N) is 3. The number of aliphatic hydroxyl groups is 6. The van der Waals surface area contributed by atoms with Crippen LogP contribution in [0.1, 0.15) is 19.8 Å². The zero-order chi connectivity index (χ0) is 31.2. The first-order valence-electron chi connectivity index (χ1n) is 14.1. The molecular formula is C25H48N6O11. The molecule has 15 N–H and O–H groups in total. The Bertz CT molecular complexity index is 901. The summed E-state index contributed by atoms with van der Waals surface area (Å²) < 4.78 is 23.6. The summed E-state index contributed by atoms with van der Waals surface area (Å²) >= 11 is 0. The van der Waals surface area contributed by atoms with Gasteiger partial charge in [-0.25, -0.2) is 0 Å². The topological polar surface area (TPSA) is 290 Å². The molecule has 0 bridgehead atoms. The van der Waals surface area contributed by atoms with Crippen molar-refractivity contribution in [2.45, 2.75) is 98.7 Å². The first kappa shape index (κ1) is 34.9. The van der Waals surface area contributed by atoms with E-state index in [0.29, 0.717) is 25.3 Å². The van der Waals surface area contributed by atoms with Crippen LogP contribution in [0.25, 0.3) is 0 Å². The Balaban J connectivity index is 1.80. The minimum absolute atomic E-state index is 0.0255. The van der Waals surface area contributed by atoms with E-state index in [1.54, 1.807) is 13.1 Å². The molecule has 0 aromatic heterocycles. The zero-order valence-corrected chi connectivity index (χ0v) is 23.9. The van der Waals surface area contributed by atoms with Crippen molar-refractivity contribution >= 4 is 5.91 Å². The van der Waals surface area contributed by atoms with E-state index in [9.17, 15) is 30.3 Å². The third-order valence-electron chi connectivity index (χ3n) is 7.77. The van der Waals surface area contributed by atoms with Crippen molar-refractivity contribution in [1.82, 2.24) is 16.0 Å². The van der Waals surface area contributed by atoms with Crippen molar-refractivity contribution in [3.8, 4) is 0 Å². The van der Waals surface area contributed by atoms with Crippen molar-refractivity contribution in [3.05, 3.63) is 11.8 Å². The number of hydrogen-bond acceptors (Lipinski definition) is 16. The van der Waals surface area contributed by atoms with Crippen molar-refractivity contribution in [3.63, 3.8) is 0 Å². The highest BCUT2D eigenvalue weighted by Crippen LogP contribution is 2.32. The molecule has 1 amide bonds. The Morgan fingerprint density at radius 3 is 2.50 bits per heavy atom. The summed E-state index contributed by atoms with van der Waals surface area (Å²) in [5, 5.41) is 70.4. The Hall–Kier alpha value is -1.55. The number of aliphatic hydroxyl groups excluding tert-OH is 5. The maximum atomic E-state index is 12.7. The summed E-state index contributed by atoms with van der Waals surface area (Å²) in [5.41, 5.74) is 16.5. The summed E-state index contributed by atoms with van der Waals surface area (Å²) in [7, 11) is 1.55. The van der Waals surface area contributed by atoms with Crippen LogP contribution in [0.15, 0.2) is 11.8 Å². The standard InChI is InChI=1S/C25H48N6O11/c1-25(38)10-39-24(18(36)21(25)29-2)42-20-14(31-22(37)16(34)15(33)8-26)7-13(28)19(17(20)35)41-23-12(27)4-3-11(40-23)9-30-5-6-32/h3,12-21,23-24,29-30,32-36,38H,4-10,26-28H2,1-2H3,(H,31,37)/t12-,13+,14-,15?,16?,17+,18-,19?,20+,21-,23-,24-,25+/m1/s1. The molecule has 0 aromatic carbocycles. The predicted octanol–water partition coefficient (Wildman–Crippen LogP) is -6.39. The Morgan fingerprint density at radius 1 is 1.17 bits per heavy atom. The van der Waals surface area contributed by atoms with Gasteiger partial charge in [0, 0.05) is 19.1 Å². The fourth-order valence-corrected chi connectivity index (χ4v) is 5.38. The van der Waals surface area contributed by atoms with E-state index in [1.165, 1.54) is 6.92 Å². The van der Waals surface area contributed by atoms with Crippen LogP contribution >= 0.6 is 0 Å². The molecule has 3 aliphatic rings. The molecule has 2 fully saturated rings. The lowest BCUT2D eigenvalue weighted by atomic mass is 9.83. The van der Waals surface area contributed by atoms with Gasteiger partial charge in [0.15, 0.2) is 12.4 Å². The van der Waals surface area contributed by atoms with Crippen LogP contribution in [-0.2, 0) is 23.7 Å². The minimum atomic E-state index is -1.86. The van der Waals surface area contributed by atoms with E-state index in [0.717, 1.165) is 0 Å². The fraction of sp³-hybridized carbons (Fsp3) is 0.880. The third-order valence-corrected chi connectivity index (χ3v) is 7.77. The highest BCUT2D eigenvalue weighted by Gasteiger charge is 2.52. The SMILES string of the molecule is CN[C@@H]1[C@@H](O)[C@@H](O[C@H]2[C@H](NC(=O)C(O)C(O)CN)C[C@H](N)C(O[C@H]3OC(CNCCO)=CC[C@H]3N)[C@@H]2O)OC[C@]1(C)O. The average Bonchev–Trinajstić information content (AvgIpc) is 2.94. The summed E-state index contributed by atoms with van der Waals surface area (Å²) in [4.78, 5) is 12.7. The number of hydrogen-bond donors (Lipinski definition) is 12. The number of nitrogens with one attached hydrogen (secondary N) is 3. The summed E-state index contributed by atoms with van der Waals surface area (Å²) in [6, 6.07) is -3.38. The van der Waals surface area contributed by atoms with Crippen LogP contribution in [0.4, 0.5) is 0 Å². The van der Waals surface area contributed by atoms with Crippen LogP contribution in [0.3, 0.4) is 0 Å². The fourth-order valence-electron chi connectivity index (χ4n) is 5.38. The number of carbonyl (C=O) groups excluding carboxylic acids is 1. The molecule has 0 radical (unpaired) electrons. The van der Waals surface area contributed by atoms with Gasteiger partial charge in [-0.15, -0.1) is 0 Å². The Labute approximate surface area is 244 Å². The molecule has 1 aliphatic carbocycles. The highest BCUT2D eigenvalue weighted by molar-refractivity contribution is 5.81. The molecule has 3 rings (SSSR count). The van der Waals surface area contributed by atoms with Gasteiger partial charge >= 0.3 is 0 Å². The van der Waals surface area contributed by atoms with Gasteiger partial charge in [0.2, 0.25) is 6.29 Å². The molecule has 17 heteroatoms. The van der Waals surface area contributed by atoms with Gasteiger partial charge in [-0.2, -0.15) is 0 Å². The van der Waals surface area contributed by atoms with Crippen LogP contribution in [0.2, 0.25) is 0 Å². The van der Waals surface area contributed by atoms with Crippen LogP contribution in [0.5, 0.6) is 0 Å². The Kier molecular flexibility index (Phi) is 12.8. The molecule has 42 heavy (non-hydrogen) atoms. The van der Waals surface area contributed by atoms with E-state index in [2.05, 4.69) is 16.0 Å². The molecular weight excluding hydrogens is 560 g/mol. The number of rotatable bonds is 13. The quantitative estimate of drug-likeness (QED) is 0.0865. The van der Waals surface area contributed by atoms with E-state index in [1.807, 2.05) is 0 Å². The summed E-state index contributed by atoms with van der Waals surface area (Å²) in [6.07, 6.45) is -8.92. The Morgan fingerprint density at radius 2 is 1.86 bits per heavy atom. The summed E-state index contributed by atoms with van der Waals surface area (Å²) in [6.45, 7) is 1.50. The first-order valence-corrected chi connectivity index (χ1v) is 14.1. The van der Waals surface area contributed by atoms with Gasteiger partial charge in [0.25, 0.3) is 5.91 Å². The maximum Gasteiger partial charge on any atom is 0.251 e. The van der Waals surface area contributed by atoms with Crippen molar-refractivity contribution in [2.75, 3.05) is 39.9 Å². The van der Waals surface area contributed by atoms with E-state index in [4.69, 9.17) is 41.3 Å². The smallest absolute Gasteiger partial charge is 0.251 e. The number of carbonyl (C=O) groups is 1. The maximum absolute atomic E-state index is 12.7. The minimum Gasteiger partial charge on any atom is -0.467 e. The largest absolute Gasteiger partial charge is 0.467 e. The number of likely N-dealkylation sites (N-methyl/N-ethyl adjacent to an activating group) is 1. The van der Waals surface area contributed by atoms with Gasteiger partial charge in [-0.05, 0) is 32.9 Å². The van der Waals surface area contributed by atoms with E-state index in [-0.39, 0.29) is 26.2 Å². The number of ether oxygens (including phenoxy) is 4. The van der Waals surface area contributed by atoms with Gasteiger partial charge in [-0.1, -0.05) is 0 Å². The lowest BCUT2D eigenvalue weighted by molar-refractivity contribution is -0.304. The van der Waals surface area contributed by atoms with Gasteiger partial charge in [0.05, 0.1) is 37.9 Å². The molecule has 3 unspecified atom stereocenters. The normalized spacial score (nSPS) is 40.5. The van der Waals surface area contributed by atoms with Crippen LogP contribution < -0.4 is 33.2 Å². The second-order valence-corrected chi connectivity index (χ2v) is 11.2. The molecule has 2 aliphatic heterocycles. The monoisotopic (exact) mass is 608 g/mol. The zero-order valence-electron chi connectivity index (χ0n) is 23.9. The molecule has 0 spiro atoms. The average molecular weight is 609 g/mol. The van der Waals surface area contributed by atoms with Gasteiger partial charge < -0.3 is 82.7 Å². The second kappa shape index (κ2) is 15.4. The lowest BCUT2D eigenvalue weighted by Crippen LogP contribution is -2.69. The van der Waals surface area contributed by atoms with Crippen molar-refractivity contribution in [1.29, 1.82) is 0 Å². The molecule has 13 atom stereocenters. The van der Waals surface area contributed by atoms with Gasteiger partial charge in [0.1, 0.15) is 41.9 Å². The molecule has 17 nitrogen and oxygen atoms in total. The third kappa shape index (κ3) is 8.33.